The predicted octanol–water partition coefficient (Wildman–Crippen LogP) is -17.5. The van der Waals surface area contributed by atoms with E-state index in [0.717, 1.165) is 0 Å². The Hall–Kier alpha value is -2.93. The first kappa shape index (κ1) is 41.7. The summed E-state index contributed by atoms with van der Waals surface area (Å²) in [6.07, 6.45) is 0. The molecule has 0 aliphatic carbocycles. The summed E-state index contributed by atoms with van der Waals surface area (Å²) in [6, 6.07) is 0. The molecule has 55 heavy (non-hydrogen) atoms. The summed E-state index contributed by atoms with van der Waals surface area (Å²) in [6.45, 7) is 0. The lowest BCUT2D eigenvalue weighted by Gasteiger charge is -2.31. The number of nitrogens with one attached hydrogen (secondary N) is 1. The number of hydrogen-bond donors (Lipinski definition) is 1. The average molecular weight is 637 g/mol. The molecule has 0 fully saturated rings. The zero-order valence-electron chi connectivity index (χ0n) is 29.2. The lowest BCUT2D eigenvalue weighted by Crippen LogP contribution is -2.54. The van der Waals surface area contributed by atoms with Gasteiger partial charge in [0.15, 0.2) is 0 Å². The van der Waals surface area contributed by atoms with Gasteiger partial charge in [0.2, 0.25) is 0 Å². The van der Waals surface area contributed by atoms with E-state index < -0.39 is 0 Å². The van der Waals surface area contributed by atoms with Gasteiger partial charge in [0.25, 0.3) is 0 Å². The molecule has 200 valence electrons. The third-order valence-electron chi connectivity index (χ3n) is 10.1. The van der Waals surface area contributed by atoms with Crippen molar-refractivity contribution >= 4 is 326 Å². The summed E-state index contributed by atoms with van der Waals surface area (Å²) in [5.74, 6) is 0. The van der Waals surface area contributed by atoms with Crippen LogP contribution in [-0.2, 0) is 0 Å². The molecule has 6 aromatic carbocycles. The number of rotatable bonds is 4. The van der Waals surface area contributed by atoms with Crippen LogP contribution in [0.25, 0.3) is 43.8 Å². The van der Waals surface area contributed by atoms with E-state index in [9.17, 15) is 0 Å². The van der Waals surface area contributed by atoms with E-state index in [0.29, 0.717) is 0 Å². The van der Waals surface area contributed by atoms with Crippen LogP contribution in [0.1, 0.15) is 0 Å². The Labute approximate surface area is 351 Å². The molecule has 1 N–H and O–H groups in total. The number of anilines is 2. The maximum absolute atomic E-state index is 6.68. The van der Waals surface area contributed by atoms with Crippen LogP contribution in [-0.4, -0.2) is 173 Å². The van der Waals surface area contributed by atoms with Crippen LogP contribution in [0.15, 0.2) is 0 Å². The summed E-state index contributed by atoms with van der Waals surface area (Å²) in [5, 5.41) is 3.59. The van der Waals surface area contributed by atoms with Gasteiger partial charge in [0.1, 0.15) is 173 Å². The fourth-order valence-electron chi connectivity index (χ4n) is 6.94. The summed E-state index contributed by atoms with van der Waals surface area (Å²) < 4.78 is 0. The Morgan fingerprint density at radius 3 is 0.582 bits per heavy atom. The summed E-state index contributed by atoms with van der Waals surface area (Å²) in [5.41, 5.74) is -1.63. The Bertz CT molecular complexity index is 2500. The van der Waals surface area contributed by atoms with E-state index in [2.05, 4.69) is 5.32 Å². The highest BCUT2D eigenvalue weighted by Crippen LogP contribution is 2.23. The summed E-state index contributed by atoms with van der Waals surface area (Å²) >= 11 is 0. The van der Waals surface area contributed by atoms with Crippen LogP contribution in [0.2, 0.25) is 0 Å². The van der Waals surface area contributed by atoms with Gasteiger partial charge < -0.3 is 5.32 Å². The third kappa shape index (κ3) is 5.84. The highest BCUT2D eigenvalue weighted by Gasteiger charge is 2.25. The van der Waals surface area contributed by atoms with E-state index in [4.69, 9.17) is 173 Å². The van der Waals surface area contributed by atoms with Crippen molar-refractivity contribution in [2.24, 2.45) is 0 Å². The van der Waals surface area contributed by atoms with E-state index in [1.807, 2.05) is 0 Å². The summed E-state index contributed by atoms with van der Waals surface area (Å²) in [7, 11) is 142. The minimum absolute atomic E-state index is 0.0109. The van der Waals surface area contributed by atoms with Crippen molar-refractivity contribution in [2.75, 3.05) is 5.32 Å². The number of hydrogen-bond acceptors (Lipinski definition) is 1. The SMILES string of the molecule is [B]c1c([B])c(-c2c([B])c([B])c([B])c3c([B])c([B])c([B])c([B])c23)c([B])c([B])c1Nc1c([B])c([B])c(-c2c([B])c([B])c([B])c3c([B])c([B])c([B])c([B])c23)c([B])c1[B]. The van der Waals surface area contributed by atoms with Crippen LogP contribution in [0.4, 0.5) is 11.4 Å². The topological polar surface area (TPSA) is 12.0 Å². The van der Waals surface area contributed by atoms with Crippen molar-refractivity contribution in [1.82, 2.24) is 0 Å². The molecule has 0 saturated heterocycles. The van der Waals surface area contributed by atoms with E-state index >= 15 is 0 Å². The van der Waals surface area contributed by atoms with Gasteiger partial charge >= 0.3 is 0 Å². The molecule has 6 rings (SSSR count). The minimum atomic E-state index is -0.155. The van der Waals surface area contributed by atoms with Crippen molar-refractivity contribution in [3.8, 4) is 22.3 Å². The van der Waals surface area contributed by atoms with E-state index in [1.165, 1.54) is 0 Å². The zero-order chi connectivity index (χ0) is 41.2. The Balaban J connectivity index is 1.62. The molecule has 0 aromatic heterocycles. The zero-order valence-corrected chi connectivity index (χ0v) is 29.2. The van der Waals surface area contributed by atoms with Crippen LogP contribution < -0.4 is 125 Å². The molecule has 0 aliphatic rings. The van der Waals surface area contributed by atoms with E-state index in [-0.39, 0.29) is 175 Å². The number of fused-ring (bicyclic) bond motifs is 2. The Morgan fingerprint density at radius 2 is 0.345 bits per heavy atom. The molecule has 0 unspecified atom stereocenters. The molecule has 0 amide bonds. The first-order chi connectivity index (χ1) is 25.5. The van der Waals surface area contributed by atoms with E-state index in [1.54, 1.807) is 0 Å². The highest BCUT2D eigenvalue weighted by atomic mass is 14.9. The molecule has 0 bridgehead atoms. The summed E-state index contributed by atoms with van der Waals surface area (Å²) in [4.78, 5) is 0. The molecule has 0 heterocycles. The molecule has 0 spiro atoms. The maximum atomic E-state index is 6.68. The second-order valence-corrected chi connectivity index (χ2v) is 13.0. The Morgan fingerprint density at radius 1 is 0.164 bits per heavy atom. The molecular weight excluding hydrogens is 636 g/mol. The molecule has 6 aromatic rings. The van der Waals surface area contributed by atoms with Crippen molar-refractivity contribution in [1.29, 1.82) is 0 Å². The third-order valence-corrected chi connectivity index (χ3v) is 10.1. The normalized spacial score (nSPS) is 11.4. The van der Waals surface area contributed by atoms with Gasteiger partial charge in [-0.1, -0.05) is 87.4 Å². The second kappa shape index (κ2) is 14.5. The van der Waals surface area contributed by atoms with Gasteiger partial charge in [-0.25, -0.2) is 0 Å². The molecular formula is C32HB22N. The van der Waals surface area contributed by atoms with Gasteiger partial charge in [-0.3, -0.25) is 0 Å². The molecule has 0 saturated carbocycles. The quantitative estimate of drug-likeness (QED) is 0.190. The minimum Gasteiger partial charge on any atom is -0.358 e. The Kier molecular flexibility index (Phi) is 11.0. The van der Waals surface area contributed by atoms with Crippen molar-refractivity contribution in [2.45, 2.75) is 0 Å². The highest BCUT2D eigenvalue weighted by molar-refractivity contribution is 6.75. The van der Waals surface area contributed by atoms with Gasteiger partial charge in [-0.2, -0.15) is 0 Å². The van der Waals surface area contributed by atoms with Gasteiger partial charge in [-0.05, 0) is 43.8 Å². The largest absolute Gasteiger partial charge is 0.358 e. The first-order valence-electron chi connectivity index (χ1n) is 15.9. The molecule has 1 nitrogen and oxygen atoms in total. The monoisotopic (exact) mass is 641 g/mol. The van der Waals surface area contributed by atoms with Crippen LogP contribution in [0.5, 0.6) is 0 Å². The van der Waals surface area contributed by atoms with Crippen LogP contribution in [0.3, 0.4) is 0 Å². The van der Waals surface area contributed by atoms with Gasteiger partial charge in [0.05, 0.1) is 0 Å². The fraction of sp³-hybridized carbons (Fsp3) is 0. The van der Waals surface area contributed by atoms with Crippen LogP contribution in [0, 0.1) is 0 Å². The fourth-order valence-corrected chi connectivity index (χ4v) is 6.94. The van der Waals surface area contributed by atoms with Crippen molar-refractivity contribution in [3.05, 3.63) is 0 Å². The smallest absolute Gasteiger partial charge is 0.115 e. The first-order valence-corrected chi connectivity index (χ1v) is 15.9. The van der Waals surface area contributed by atoms with Gasteiger partial charge in [-0.15, -0.1) is 32.8 Å². The standard InChI is InChI=1S/C32HB22N/c33-9-3(1-5(13(37)21(9)45)15(39)25(49)23(47)11(1)35)7-17(41)27(51)31(28(52)18(7)42)55-32-29(53)19(43)8(20(44)30(32)54)4-2-6(14(38)22(46)10(4)34)16(40)26(50)24(48)12(2)36/h55H. The molecule has 44 radical (unpaired) electrons. The lowest BCUT2D eigenvalue weighted by atomic mass is 9.56. The predicted molar refractivity (Wildman–Crippen MR) is 261 cm³/mol. The molecule has 23 heteroatoms. The van der Waals surface area contributed by atoms with Crippen molar-refractivity contribution < 1.29 is 0 Å². The molecule has 0 atom stereocenters. The van der Waals surface area contributed by atoms with Crippen LogP contribution >= 0.6 is 0 Å². The maximum Gasteiger partial charge on any atom is 0.115 e. The second-order valence-electron chi connectivity index (χ2n) is 13.0. The average Bonchev–Trinajstić information content (AvgIpc) is 3.15. The number of benzene rings is 6. The lowest BCUT2D eigenvalue weighted by molar-refractivity contribution is 1.69. The van der Waals surface area contributed by atoms with Gasteiger partial charge in [0, 0.05) is 11.4 Å². The molecule has 0 aliphatic heterocycles. The van der Waals surface area contributed by atoms with Crippen molar-refractivity contribution in [3.63, 3.8) is 0 Å².